The van der Waals surface area contributed by atoms with Crippen molar-refractivity contribution in [3.05, 3.63) is 46.9 Å². The summed E-state index contributed by atoms with van der Waals surface area (Å²) in [5.41, 5.74) is -2.91. The van der Waals surface area contributed by atoms with E-state index in [0.29, 0.717) is 12.5 Å². The van der Waals surface area contributed by atoms with Gasteiger partial charge in [0, 0.05) is 17.4 Å². The second kappa shape index (κ2) is 6.19. The van der Waals surface area contributed by atoms with Crippen molar-refractivity contribution in [2.75, 3.05) is 0 Å². The quantitative estimate of drug-likeness (QED) is 0.461. The average molecular weight is 413 g/mol. The molecule has 0 spiro atoms. The zero-order chi connectivity index (χ0) is 21.1. The number of aromatic nitrogens is 5. The van der Waals surface area contributed by atoms with Crippen LogP contribution in [0.1, 0.15) is 29.4 Å². The van der Waals surface area contributed by atoms with Gasteiger partial charge in [-0.05, 0) is 30.7 Å². The SMILES string of the molecule is CCc1nc2c(C)cc(C(F)(F)F)c(-c3cc(C(F)(F)F)c4[nH]ncc4c3)n2n1. The van der Waals surface area contributed by atoms with Crippen molar-refractivity contribution in [2.24, 2.45) is 0 Å². The Morgan fingerprint density at radius 1 is 1.00 bits per heavy atom. The van der Waals surface area contributed by atoms with Crippen molar-refractivity contribution >= 4 is 16.6 Å². The number of nitrogens with zero attached hydrogens (tertiary/aromatic N) is 4. The molecule has 1 N–H and O–H groups in total. The maximum Gasteiger partial charge on any atom is 0.418 e. The van der Waals surface area contributed by atoms with Crippen molar-refractivity contribution in [1.82, 2.24) is 24.8 Å². The number of rotatable bonds is 2. The van der Waals surface area contributed by atoms with E-state index in [0.717, 1.165) is 16.8 Å². The number of aromatic amines is 1. The highest BCUT2D eigenvalue weighted by molar-refractivity contribution is 5.88. The van der Waals surface area contributed by atoms with E-state index in [4.69, 9.17) is 0 Å². The second-order valence-corrected chi connectivity index (χ2v) is 6.56. The Balaban J connectivity index is 2.15. The molecular weight excluding hydrogens is 400 g/mol. The highest BCUT2D eigenvalue weighted by Gasteiger charge is 2.38. The van der Waals surface area contributed by atoms with Crippen LogP contribution in [0.25, 0.3) is 27.8 Å². The molecule has 11 heteroatoms. The van der Waals surface area contributed by atoms with Gasteiger partial charge >= 0.3 is 12.4 Å². The maximum absolute atomic E-state index is 13.8. The molecule has 0 aliphatic carbocycles. The number of hydrogen-bond acceptors (Lipinski definition) is 3. The maximum atomic E-state index is 13.8. The number of halogens is 6. The molecule has 3 heterocycles. The number of fused-ring (bicyclic) bond motifs is 2. The molecule has 3 aromatic heterocycles. The first kappa shape index (κ1) is 19.2. The van der Waals surface area contributed by atoms with Crippen LogP contribution in [-0.2, 0) is 18.8 Å². The molecule has 0 unspecified atom stereocenters. The Morgan fingerprint density at radius 3 is 2.31 bits per heavy atom. The van der Waals surface area contributed by atoms with Gasteiger partial charge in [0.05, 0.1) is 28.5 Å². The van der Waals surface area contributed by atoms with E-state index in [1.165, 1.54) is 13.0 Å². The van der Waals surface area contributed by atoms with E-state index in [9.17, 15) is 26.3 Å². The number of aryl methyl sites for hydroxylation is 2. The lowest BCUT2D eigenvalue weighted by molar-refractivity contribution is -0.137. The first-order chi connectivity index (χ1) is 13.5. The van der Waals surface area contributed by atoms with Crippen molar-refractivity contribution in [3.63, 3.8) is 0 Å². The molecule has 0 amide bonds. The summed E-state index contributed by atoms with van der Waals surface area (Å²) in [6.07, 6.45) is -8.11. The summed E-state index contributed by atoms with van der Waals surface area (Å²) in [6.45, 7) is 3.18. The summed E-state index contributed by atoms with van der Waals surface area (Å²) >= 11 is 0. The van der Waals surface area contributed by atoms with Gasteiger partial charge in [-0.1, -0.05) is 6.92 Å². The fourth-order valence-corrected chi connectivity index (χ4v) is 3.29. The van der Waals surface area contributed by atoms with Crippen molar-refractivity contribution in [1.29, 1.82) is 0 Å². The van der Waals surface area contributed by atoms with E-state index >= 15 is 0 Å². The molecule has 1 aromatic carbocycles. The largest absolute Gasteiger partial charge is 0.418 e. The van der Waals surface area contributed by atoms with Crippen LogP contribution in [0.4, 0.5) is 26.3 Å². The molecule has 0 fully saturated rings. The van der Waals surface area contributed by atoms with Crippen molar-refractivity contribution in [3.8, 4) is 11.3 Å². The average Bonchev–Trinajstić information content (AvgIpc) is 3.25. The van der Waals surface area contributed by atoms with Gasteiger partial charge in [0.1, 0.15) is 0 Å². The van der Waals surface area contributed by atoms with Crippen LogP contribution in [0.5, 0.6) is 0 Å². The minimum absolute atomic E-state index is 0.0347. The molecule has 0 radical (unpaired) electrons. The molecule has 4 rings (SSSR count). The van der Waals surface area contributed by atoms with Gasteiger partial charge in [-0.3, -0.25) is 5.10 Å². The molecule has 0 saturated heterocycles. The summed E-state index contributed by atoms with van der Waals surface area (Å²) in [4.78, 5) is 4.21. The number of nitrogens with one attached hydrogen (secondary N) is 1. The molecule has 0 saturated carbocycles. The fourth-order valence-electron chi connectivity index (χ4n) is 3.29. The lowest BCUT2D eigenvalue weighted by Crippen LogP contribution is -2.13. The van der Waals surface area contributed by atoms with Gasteiger partial charge in [-0.15, -0.1) is 0 Å². The van der Waals surface area contributed by atoms with Gasteiger partial charge in [0.15, 0.2) is 11.5 Å². The summed E-state index contributed by atoms with van der Waals surface area (Å²) < 4.78 is 83.1. The smallest absolute Gasteiger partial charge is 0.277 e. The molecule has 4 aromatic rings. The zero-order valence-electron chi connectivity index (χ0n) is 15.1. The molecule has 0 aliphatic heterocycles. The van der Waals surface area contributed by atoms with Gasteiger partial charge in [-0.2, -0.15) is 36.5 Å². The minimum Gasteiger partial charge on any atom is -0.277 e. The predicted octanol–water partition coefficient (Wildman–Crippen LogP) is 5.18. The Bertz CT molecular complexity index is 1230. The van der Waals surface area contributed by atoms with Crippen LogP contribution in [0, 0.1) is 6.92 Å². The molecular formula is C18H13F6N5. The van der Waals surface area contributed by atoms with E-state index in [1.54, 1.807) is 6.92 Å². The first-order valence-electron chi connectivity index (χ1n) is 8.52. The summed E-state index contributed by atoms with van der Waals surface area (Å²) in [5.74, 6) is 0.286. The molecule has 0 atom stereocenters. The molecule has 29 heavy (non-hydrogen) atoms. The topological polar surface area (TPSA) is 58.9 Å². The number of pyridine rings is 1. The van der Waals surface area contributed by atoms with E-state index in [1.807, 2.05) is 0 Å². The second-order valence-electron chi connectivity index (χ2n) is 6.56. The van der Waals surface area contributed by atoms with Crippen LogP contribution in [0.3, 0.4) is 0 Å². The van der Waals surface area contributed by atoms with Crippen molar-refractivity contribution < 1.29 is 26.3 Å². The highest BCUT2D eigenvalue weighted by atomic mass is 19.4. The number of alkyl halides is 6. The van der Waals surface area contributed by atoms with Gasteiger partial charge in [0.2, 0.25) is 0 Å². The normalized spacial score (nSPS) is 13.0. The number of benzene rings is 1. The number of H-pyrrole nitrogens is 1. The summed E-state index contributed by atoms with van der Waals surface area (Å²) in [5, 5.41) is 9.98. The molecule has 0 aliphatic rings. The standard InChI is InChI=1S/C18H13F6N5/c1-3-13-26-16-8(2)4-12(18(22,23)24)15(29(16)28-13)9-5-10-7-25-27-14(10)11(6-9)17(19,20)21/h4-7H,3H2,1-2H3,(H,25,27). The van der Waals surface area contributed by atoms with Crippen LogP contribution >= 0.6 is 0 Å². The molecule has 152 valence electrons. The first-order valence-corrected chi connectivity index (χ1v) is 8.52. The predicted molar refractivity (Wildman–Crippen MR) is 92.2 cm³/mol. The van der Waals surface area contributed by atoms with Crippen LogP contribution in [0.2, 0.25) is 0 Å². The van der Waals surface area contributed by atoms with E-state index in [-0.39, 0.29) is 33.5 Å². The Kier molecular flexibility index (Phi) is 4.10. The Labute approximate surface area is 159 Å². The highest BCUT2D eigenvalue weighted by Crippen LogP contribution is 2.42. The Hall–Kier alpha value is -3.11. The van der Waals surface area contributed by atoms with Crippen molar-refractivity contribution in [2.45, 2.75) is 32.6 Å². The van der Waals surface area contributed by atoms with E-state index in [2.05, 4.69) is 20.3 Å². The summed E-state index contributed by atoms with van der Waals surface area (Å²) in [6, 6.07) is 2.78. The minimum atomic E-state index is -4.81. The summed E-state index contributed by atoms with van der Waals surface area (Å²) in [7, 11) is 0. The van der Waals surface area contributed by atoms with Crippen LogP contribution in [-0.4, -0.2) is 24.8 Å². The monoisotopic (exact) mass is 413 g/mol. The molecule has 0 bridgehead atoms. The van der Waals surface area contributed by atoms with E-state index < -0.39 is 29.2 Å². The fraction of sp³-hybridized carbons (Fsp3) is 0.278. The number of hydrogen-bond donors (Lipinski definition) is 1. The lowest BCUT2D eigenvalue weighted by atomic mass is 9.99. The van der Waals surface area contributed by atoms with Gasteiger partial charge < -0.3 is 0 Å². The third kappa shape index (κ3) is 3.10. The van der Waals surface area contributed by atoms with Crippen LogP contribution < -0.4 is 0 Å². The zero-order valence-corrected chi connectivity index (χ0v) is 15.1. The third-order valence-corrected chi connectivity index (χ3v) is 4.58. The lowest BCUT2D eigenvalue weighted by Gasteiger charge is -2.17. The Morgan fingerprint density at radius 2 is 1.69 bits per heavy atom. The van der Waals surface area contributed by atoms with Gasteiger partial charge in [0.25, 0.3) is 0 Å². The molecule has 5 nitrogen and oxygen atoms in total. The van der Waals surface area contributed by atoms with Crippen LogP contribution in [0.15, 0.2) is 24.4 Å². The van der Waals surface area contributed by atoms with Gasteiger partial charge in [-0.25, -0.2) is 9.50 Å². The third-order valence-electron chi connectivity index (χ3n) is 4.58.